The summed E-state index contributed by atoms with van der Waals surface area (Å²) in [6, 6.07) is 20.3. The van der Waals surface area contributed by atoms with Gasteiger partial charge in [-0.25, -0.2) is 8.42 Å². The second-order valence-electron chi connectivity index (χ2n) is 11.3. The van der Waals surface area contributed by atoms with Crippen LogP contribution in [0.25, 0.3) is 0 Å². The maximum atomic E-state index is 14.3. The summed E-state index contributed by atoms with van der Waals surface area (Å²) in [4.78, 5) is 29.6. The molecule has 1 aliphatic rings. The molecule has 8 nitrogen and oxygen atoms in total. The molecule has 0 saturated heterocycles. The molecule has 1 aliphatic carbocycles. The van der Waals surface area contributed by atoms with Gasteiger partial charge in [-0.2, -0.15) is 0 Å². The molecule has 1 N–H and O–H groups in total. The highest BCUT2D eigenvalue weighted by Crippen LogP contribution is 2.28. The summed E-state index contributed by atoms with van der Waals surface area (Å²) in [6.45, 7) is 5.44. The van der Waals surface area contributed by atoms with Gasteiger partial charge in [-0.1, -0.05) is 79.8 Å². The van der Waals surface area contributed by atoms with Crippen molar-refractivity contribution >= 4 is 27.5 Å². The number of rotatable bonds is 12. The summed E-state index contributed by atoms with van der Waals surface area (Å²) in [7, 11) is -2.65. The van der Waals surface area contributed by atoms with E-state index < -0.39 is 28.5 Å². The number of hydrogen-bond acceptors (Lipinski definition) is 5. The average molecular weight is 606 g/mol. The fraction of sp³-hybridized carbons (Fsp3) is 0.412. The first-order chi connectivity index (χ1) is 20.6. The second kappa shape index (κ2) is 14.6. The van der Waals surface area contributed by atoms with E-state index >= 15 is 0 Å². The summed E-state index contributed by atoms with van der Waals surface area (Å²) in [5, 5.41) is 3.18. The van der Waals surface area contributed by atoms with E-state index in [1.807, 2.05) is 45.0 Å². The third kappa shape index (κ3) is 8.16. The minimum Gasteiger partial charge on any atom is -0.497 e. The zero-order valence-electron chi connectivity index (χ0n) is 25.6. The Balaban J connectivity index is 1.71. The average Bonchev–Trinajstić information content (AvgIpc) is 3.01. The van der Waals surface area contributed by atoms with Crippen molar-refractivity contribution in [1.29, 1.82) is 0 Å². The summed E-state index contributed by atoms with van der Waals surface area (Å²) in [6.07, 6.45) is 5.54. The Morgan fingerprint density at radius 3 is 2.16 bits per heavy atom. The molecule has 0 radical (unpaired) electrons. The van der Waals surface area contributed by atoms with Crippen molar-refractivity contribution < 1.29 is 22.7 Å². The molecule has 1 fully saturated rings. The summed E-state index contributed by atoms with van der Waals surface area (Å²) >= 11 is 0. The smallest absolute Gasteiger partial charge is 0.264 e. The van der Waals surface area contributed by atoms with Crippen LogP contribution in [-0.2, 0) is 26.2 Å². The van der Waals surface area contributed by atoms with Gasteiger partial charge < -0.3 is 15.0 Å². The molecule has 2 amide bonds. The number of hydrogen-bond donors (Lipinski definition) is 1. The van der Waals surface area contributed by atoms with E-state index in [1.54, 1.807) is 48.5 Å². The normalized spacial score (nSPS) is 14.5. The molecular formula is C34H43N3O5S. The van der Waals surface area contributed by atoms with Gasteiger partial charge in [0.05, 0.1) is 17.7 Å². The molecular weight excluding hydrogens is 562 g/mol. The van der Waals surface area contributed by atoms with Gasteiger partial charge in [-0.15, -0.1) is 0 Å². The lowest BCUT2D eigenvalue weighted by atomic mass is 9.95. The van der Waals surface area contributed by atoms with Gasteiger partial charge in [0, 0.05) is 18.7 Å². The third-order valence-corrected chi connectivity index (χ3v) is 9.83. The van der Waals surface area contributed by atoms with Crippen molar-refractivity contribution in [2.75, 3.05) is 18.0 Å². The number of carbonyl (C=O) groups excluding carboxylic acids is 2. The predicted octanol–water partition coefficient (Wildman–Crippen LogP) is 5.76. The first-order valence-corrected chi connectivity index (χ1v) is 16.4. The van der Waals surface area contributed by atoms with Gasteiger partial charge >= 0.3 is 0 Å². The lowest BCUT2D eigenvalue weighted by Crippen LogP contribution is -2.54. The second-order valence-corrected chi connectivity index (χ2v) is 13.2. The molecule has 1 unspecified atom stereocenters. The number of carbonyl (C=O) groups is 2. The molecule has 4 rings (SSSR count). The van der Waals surface area contributed by atoms with Crippen LogP contribution in [-0.4, -0.2) is 50.9 Å². The van der Waals surface area contributed by atoms with E-state index in [2.05, 4.69) is 5.32 Å². The fourth-order valence-corrected chi connectivity index (χ4v) is 6.89. The van der Waals surface area contributed by atoms with Crippen LogP contribution in [0.1, 0.15) is 62.1 Å². The standard InChI is InChI=1S/C34H43N3O5S/c1-5-32(34(39)35-28-10-7-6-8-11-28)36(23-27-18-14-25(2)15-19-27)33(38)24-37(29-12-9-13-30(22-29)42-4)43(40,41)31-20-16-26(3)17-21-31/h9,12-22,28,32H,5-8,10-11,23-24H2,1-4H3,(H,35,39). The SMILES string of the molecule is CCC(C(=O)NC1CCCCC1)N(Cc1ccc(C)cc1)C(=O)CN(c1cccc(OC)c1)S(=O)(=O)c1ccc(C)cc1. The fourth-order valence-electron chi connectivity index (χ4n) is 5.49. The highest BCUT2D eigenvalue weighted by Gasteiger charge is 2.34. The number of ether oxygens (including phenoxy) is 1. The van der Waals surface area contributed by atoms with E-state index in [1.165, 1.54) is 12.0 Å². The van der Waals surface area contributed by atoms with Crippen LogP contribution < -0.4 is 14.4 Å². The Kier molecular flexibility index (Phi) is 10.9. The highest BCUT2D eigenvalue weighted by molar-refractivity contribution is 7.92. The van der Waals surface area contributed by atoms with Gasteiger partial charge in [-0.05, 0) is 62.9 Å². The van der Waals surface area contributed by atoms with Crippen molar-refractivity contribution in [3.63, 3.8) is 0 Å². The lowest BCUT2D eigenvalue weighted by Gasteiger charge is -2.34. The molecule has 1 saturated carbocycles. The third-order valence-electron chi connectivity index (χ3n) is 8.04. The van der Waals surface area contributed by atoms with Crippen LogP contribution in [0.2, 0.25) is 0 Å². The number of anilines is 1. The van der Waals surface area contributed by atoms with Crippen molar-refractivity contribution in [1.82, 2.24) is 10.2 Å². The molecule has 3 aromatic carbocycles. The molecule has 0 heterocycles. The molecule has 0 aromatic heterocycles. The number of nitrogens with one attached hydrogen (secondary N) is 1. The topological polar surface area (TPSA) is 96.0 Å². The number of nitrogens with zero attached hydrogens (tertiary/aromatic N) is 2. The first kappa shape index (κ1) is 32.1. The largest absolute Gasteiger partial charge is 0.497 e. The van der Waals surface area contributed by atoms with Crippen molar-refractivity contribution in [2.45, 2.75) is 82.8 Å². The number of benzene rings is 3. The summed E-state index contributed by atoms with van der Waals surface area (Å²) < 4.78 is 34.6. The van der Waals surface area contributed by atoms with E-state index in [-0.39, 0.29) is 23.4 Å². The monoisotopic (exact) mass is 605 g/mol. The summed E-state index contributed by atoms with van der Waals surface area (Å²) in [5.41, 5.74) is 3.15. The number of methoxy groups -OCH3 is 1. The molecule has 0 bridgehead atoms. The Morgan fingerprint density at radius 2 is 1.56 bits per heavy atom. The first-order valence-electron chi connectivity index (χ1n) is 15.0. The quantitative estimate of drug-likeness (QED) is 0.283. The van der Waals surface area contributed by atoms with Gasteiger partial charge in [0.2, 0.25) is 11.8 Å². The van der Waals surface area contributed by atoms with Crippen LogP contribution >= 0.6 is 0 Å². The predicted molar refractivity (Wildman–Crippen MR) is 170 cm³/mol. The van der Waals surface area contributed by atoms with E-state index in [0.29, 0.717) is 17.9 Å². The molecule has 3 aromatic rings. The summed E-state index contributed by atoms with van der Waals surface area (Å²) in [5.74, 6) is -0.210. The zero-order valence-corrected chi connectivity index (χ0v) is 26.4. The Bertz CT molecular complexity index is 1480. The van der Waals surface area contributed by atoms with E-state index in [0.717, 1.165) is 53.1 Å². The van der Waals surface area contributed by atoms with Crippen LogP contribution in [0.15, 0.2) is 77.7 Å². The Hall–Kier alpha value is -3.85. The lowest BCUT2D eigenvalue weighted by molar-refractivity contribution is -0.140. The van der Waals surface area contributed by atoms with Crippen LogP contribution in [0.5, 0.6) is 5.75 Å². The number of amides is 2. The number of sulfonamides is 1. The van der Waals surface area contributed by atoms with Gasteiger partial charge in [0.15, 0.2) is 0 Å². The highest BCUT2D eigenvalue weighted by atomic mass is 32.2. The maximum absolute atomic E-state index is 14.3. The van der Waals surface area contributed by atoms with Crippen molar-refractivity contribution in [3.05, 3.63) is 89.5 Å². The molecule has 230 valence electrons. The van der Waals surface area contributed by atoms with Crippen LogP contribution in [0, 0.1) is 13.8 Å². The zero-order chi connectivity index (χ0) is 31.0. The van der Waals surface area contributed by atoms with Gasteiger partial charge in [-0.3, -0.25) is 13.9 Å². The van der Waals surface area contributed by atoms with Crippen molar-refractivity contribution in [3.8, 4) is 5.75 Å². The Morgan fingerprint density at radius 1 is 0.930 bits per heavy atom. The van der Waals surface area contributed by atoms with Gasteiger partial charge in [0.1, 0.15) is 18.3 Å². The minimum absolute atomic E-state index is 0.0703. The van der Waals surface area contributed by atoms with Crippen molar-refractivity contribution in [2.24, 2.45) is 0 Å². The van der Waals surface area contributed by atoms with E-state index in [4.69, 9.17) is 4.74 Å². The molecule has 0 aliphatic heterocycles. The number of aryl methyl sites for hydroxylation is 2. The molecule has 1 atom stereocenters. The molecule has 43 heavy (non-hydrogen) atoms. The Labute approximate surface area is 256 Å². The maximum Gasteiger partial charge on any atom is 0.264 e. The van der Waals surface area contributed by atoms with Crippen LogP contribution in [0.4, 0.5) is 5.69 Å². The molecule has 0 spiro atoms. The van der Waals surface area contributed by atoms with E-state index in [9.17, 15) is 18.0 Å². The van der Waals surface area contributed by atoms with Crippen LogP contribution in [0.3, 0.4) is 0 Å². The minimum atomic E-state index is -4.15. The molecule has 9 heteroatoms. The van der Waals surface area contributed by atoms with Gasteiger partial charge in [0.25, 0.3) is 10.0 Å².